The van der Waals surface area contributed by atoms with Crippen LogP contribution in [-0.2, 0) is 17.7 Å². The molecule has 0 bridgehead atoms. The molecular weight excluding hydrogens is 338 g/mol. The number of hydrogen-bond acceptors (Lipinski definition) is 5. The Balaban J connectivity index is 1.74. The number of aromatic nitrogens is 4. The van der Waals surface area contributed by atoms with Crippen molar-refractivity contribution in [3.8, 4) is 0 Å². The first kappa shape index (κ1) is 14.2. The number of anilines is 1. The predicted octanol–water partition coefficient (Wildman–Crippen LogP) is 1.65. The van der Waals surface area contributed by atoms with E-state index in [2.05, 4.69) is 36.3 Å². The van der Waals surface area contributed by atoms with Gasteiger partial charge in [0, 0.05) is 30.4 Å². The minimum absolute atomic E-state index is 0.150. The Kier molecular flexibility index (Phi) is 3.98. The number of nitrogens with one attached hydrogen (secondary N) is 1. The van der Waals surface area contributed by atoms with Crippen LogP contribution in [0, 0.1) is 0 Å². The number of methoxy groups -OCH3 is 1. The van der Waals surface area contributed by atoms with Gasteiger partial charge < -0.3 is 4.74 Å². The Bertz CT molecular complexity index is 672. The molecule has 1 N–H and O–H groups in total. The van der Waals surface area contributed by atoms with Crippen molar-refractivity contribution in [2.75, 3.05) is 12.4 Å². The molecule has 21 heavy (non-hydrogen) atoms. The minimum Gasteiger partial charge on any atom is -0.380 e. The van der Waals surface area contributed by atoms with E-state index in [1.54, 1.807) is 24.1 Å². The Morgan fingerprint density at radius 3 is 3.14 bits per heavy atom. The van der Waals surface area contributed by atoms with Crippen LogP contribution in [0.2, 0.25) is 0 Å². The summed E-state index contributed by atoms with van der Waals surface area (Å²) in [7, 11) is 1.69. The largest absolute Gasteiger partial charge is 0.380 e. The fourth-order valence-corrected chi connectivity index (χ4v) is 2.60. The molecular formula is C13H14BrN5O2. The van der Waals surface area contributed by atoms with E-state index in [1.165, 1.54) is 6.20 Å². The van der Waals surface area contributed by atoms with Crippen LogP contribution >= 0.6 is 15.9 Å². The Hall–Kier alpha value is -1.80. The fourth-order valence-electron chi connectivity index (χ4n) is 2.23. The molecule has 1 amide bonds. The van der Waals surface area contributed by atoms with Gasteiger partial charge in [-0.05, 0) is 28.4 Å². The van der Waals surface area contributed by atoms with Gasteiger partial charge in [0.15, 0.2) is 0 Å². The van der Waals surface area contributed by atoms with Crippen LogP contribution in [0.5, 0.6) is 0 Å². The third kappa shape index (κ3) is 3.11. The zero-order valence-electron chi connectivity index (χ0n) is 11.4. The summed E-state index contributed by atoms with van der Waals surface area (Å²) in [5.74, 6) is 0.896. The molecule has 1 aliphatic heterocycles. The summed E-state index contributed by atoms with van der Waals surface area (Å²) < 4.78 is 7.86. The highest BCUT2D eigenvalue weighted by Gasteiger charge is 2.22. The van der Waals surface area contributed by atoms with Crippen molar-refractivity contribution in [3.05, 3.63) is 34.3 Å². The van der Waals surface area contributed by atoms with Crippen molar-refractivity contribution < 1.29 is 9.53 Å². The van der Waals surface area contributed by atoms with Gasteiger partial charge >= 0.3 is 0 Å². The van der Waals surface area contributed by atoms with Crippen molar-refractivity contribution in [1.82, 2.24) is 19.7 Å². The molecule has 0 aromatic carbocycles. The zero-order valence-corrected chi connectivity index (χ0v) is 13.0. The van der Waals surface area contributed by atoms with Crippen molar-refractivity contribution >= 4 is 27.8 Å². The fraction of sp³-hybridized carbons (Fsp3) is 0.385. The van der Waals surface area contributed by atoms with Crippen molar-refractivity contribution in [2.45, 2.75) is 25.5 Å². The highest BCUT2D eigenvalue weighted by Crippen LogP contribution is 2.17. The lowest BCUT2D eigenvalue weighted by atomic mass is 10.1. The number of carbonyl (C=O) groups is 1. The van der Waals surface area contributed by atoms with E-state index in [0.717, 1.165) is 23.1 Å². The highest BCUT2D eigenvalue weighted by atomic mass is 79.9. The standard InChI is InChI=1S/C13H14BrN5O2/c1-21-10-2-3-11-16-13(18-19(11)7-10)17-12(20)8-4-9(14)6-15-5-8/h4-6,10H,2-3,7H2,1H3,(H,17,18,20). The SMILES string of the molecule is COC1CCc2nc(NC(=O)c3cncc(Br)c3)nn2C1. The van der Waals surface area contributed by atoms with Gasteiger partial charge in [0.05, 0.1) is 18.2 Å². The summed E-state index contributed by atoms with van der Waals surface area (Å²) in [4.78, 5) is 20.4. The lowest BCUT2D eigenvalue weighted by molar-refractivity contribution is 0.0667. The number of carbonyl (C=O) groups excluding carboxylic acids is 1. The maximum absolute atomic E-state index is 12.1. The average molecular weight is 352 g/mol. The number of amides is 1. The first-order valence-electron chi connectivity index (χ1n) is 6.54. The number of hydrogen-bond donors (Lipinski definition) is 1. The number of pyridine rings is 1. The number of ether oxygens (including phenoxy) is 1. The van der Waals surface area contributed by atoms with Crippen LogP contribution in [0.4, 0.5) is 5.95 Å². The number of aryl methyl sites for hydroxylation is 1. The van der Waals surface area contributed by atoms with E-state index in [9.17, 15) is 4.79 Å². The Morgan fingerprint density at radius 1 is 1.52 bits per heavy atom. The quantitative estimate of drug-likeness (QED) is 0.908. The van der Waals surface area contributed by atoms with Crippen molar-refractivity contribution in [1.29, 1.82) is 0 Å². The van der Waals surface area contributed by atoms with Crippen LogP contribution < -0.4 is 5.32 Å². The maximum Gasteiger partial charge on any atom is 0.259 e. The molecule has 1 aliphatic rings. The van der Waals surface area contributed by atoms with Gasteiger partial charge in [-0.1, -0.05) is 0 Å². The summed E-state index contributed by atoms with van der Waals surface area (Å²) >= 11 is 3.29. The monoisotopic (exact) mass is 351 g/mol. The molecule has 1 atom stereocenters. The Morgan fingerprint density at radius 2 is 2.38 bits per heavy atom. The molecule has 110 valence electrons. The maximum atomic E-state index is 12.1. The molecule has 1 unspecified atom stereocenters. The topological polar surface area (TPSA) is 81.9 Å². The summed E-state index contributed by atoms with van der Waals surface area (Å²) in [5, 5.41) is 6.99. The third-order valence-corrected chi connectivity index (χ3v) is 3.77. The van der Waals surface area contributed by atoms with Crippen LogP contribution in [-0.4, -0.2) is 38.9 Å². The van der Waals surface area contributed by atoms with Crippen LogP contribution in [0.3, 0.4) is 0 Å². The van der Waals surface area contributed by atoms with E-state index in [4.69, 9.17) is 4.74 Å². The summed E-state index contributed by atoms with van der Waals surface area (Å²) in [6.07, 6.45) is 4.97. The zero-order chi connectivity index (χ0) is 14.8. The normalized spacial score (nSPS) is 17.3. The first-order valence-corrected chi connectivity index (χ1v) is 7.33. The third-order valence-electron chi connectivity index (χ3n) is 3.34. The molecule has 2 aromatic rings. The van der Waals surface area contributed by atoms with Crippen LogP contribution in [0.15, 0.2) is 22.9 Å². The molecule has 3 rings (SSSR count). The number of fused-ring (bicyclic) bond motifs is 1. The smallest absolute Gasteiger partial charge is 0.259 e. The number of rotatable bonds is 3. The molecule has 3 heterocycles. The summed E-state index contributed by atoms with van der Waals surface area (Å²) in [6.45, 7) is 0.660. The lowest BCUT2D eigenvalue weighted by Gasteiger charge is -2.20. The molecule has 8 heteroatoms. The predicted molar refractivity (Wildman–Crippen MR) is 79.0 cm³/mol. The van der Waals surface area contributed by atoms with E-state index in [1.807, 2.05) is 0 Å². The van der Waals surface area contributed by atoms with E-state index < -0.39 is 0 Å². The molecule has 0 saturated heterocycles. The van der Waals surface area contributed by atoms with Crippen LogP contribution in [0.25, 0.3) is 0 Å². The van der Waals surface area contributed by atoms with E-state index in [0.29, 0.717) is 18.1 Å². The van der Waals surface area contributed by atoms with Gasteiger partial charge in [-0.15, -0.1) is 5.10 Å². The van der Waals surface area contributed by atoms with E-state index in [-0.39, 0.29) is 12.0 Å². The highest BCUT2D eigenvalue weighted by molar-refractivity contribution is 9.10. The molecule has 0 radical (unpaired) electrons. The van der Waals surface area contributed by atoms with Gasteiger partial charge in [0.25, 0.3) is 5.91 Å². The van der Waals surface area contributed by atoms with E-state index >= 15 is 0 Å². The molecule has 0 aliphatic carbocycles. The molecule has 0 fully saturated rings. The first-order chi connectivity index (χ1) is 10.2. The molecule has 2 aromatic heterocycles. The second kappa shape index (κ2) is 5.90. The van der Waals surface area contributed by atoms with Gasteiger partial charge in [0.1, 0.15) is 5.82 Å². The van der Waals surface area contributed by atoms with Crippen molar-refractivity contribution in [2.24, 2.45) is 0 Å². The average Bonchev–Trinajstić information content (AvgIpc) is 2.88. The minimum atomic E-state index is -0.282. The van der Waals surface area contributed by atoms with Crippen LogP contribution in [0.1, 0.15) is 22.6 Å². The van der Waals surface area contributed by atoms with Crippen molar-refractivity contribution in [3.63, 3.8) is 0 Å². The van der Waals surface area contributed by atoms with Gasteiger partial charge in [-0.25, -0.2) is 4.68 Å². The van der Waals surface area contributed by atoms with Gasteiger partial charge in [-0.2, -0.15) is 4.98 Å². The summed E-state index contributed by atoms with van der Waals surface area (Å²) in [5.41, 5.74) is 0.451. The second-order valence-electron chi connectivity index (χ2n) is 4.78. The van der Waals surface area contributed by atoms with Gasteiger partial charge in [-0.3, -0.25) is 15.1 Å². The van der Waals surface area contributed by atoms with Gasteiger partial charge in [0.2, 0.25) is 5.95 Å². The lowest BCUT2D eigenvalue weighted by Crippen LogP contribution is -2.26. The molecule has 0 spiro atoms. The Labute approximate surface area is 129 Å². The molecule has 0 saturated carbocycles. The number of halogens is 1. The number of nitrogens with zero attached hydrogens (tertiary/aromatic N) is 4. The molecule has 7 nitrogen and oxygen atoms in total. The second-order valence-corrected chi connectivity index (χ2v) is 5.69. The summed E-state index contributed by atoms with van der Waals surface area (Å²) in [6, 6.07) is 1.69.